The van der Waals surface area contributed by atoms with Gasteiger partial charge in [-0.2, -0.15) is 0 Å². The summed E-state index contributed by atoms with van der Waals surface area (Å²) in [6.45, 7) is 5.48. The molecule has 0 radical (unpaired) electrons. The molecule has 0 aromatic heterocycles. The average molecular weight is 260 g/mol. The first-order valence-electron chi connectivity index (χ1n) is 5.64. The van der Waals surface area contributed by atoms with Gasteiger partial charge < -0.3 is 4.90 Å². The summed E-state index contributed by atoms with van der Waals surface area (Å²) in [4.78, 5) is 2.20. The van der Waals surface area contributed by atoms with Crippen molar-refractivity contribution in [2.45, 2.75) is 26.1 Å². The molecule has 0 saturated carbocycles. The summed E-state index contributed by atoms with van der Waals surface area (Å²) < 4.78 is 0. The number of benzene rings is 1. The van der Waals surface area contributed by atoms with Gasteiger partial charge in [0.2, 0.25) is 0 Å². The number of nitrogens with zero attached hydrogens (tertiary/aromatic N) is 1. The Hall–Kier alpha value is -0.400. The van der Waals surface area contributed by atoms with E-state index in [9.17, 15) is 0 Å². The van der Waals surface area contributed by atoms with Crippen molar-refractivity contribution in [2.24, 2.45) is 5.92 Å². The van der Waals surface area contributed by atoms with Crippen molar-refractivity contribution in [1.82, 2.24) is 0 Å². The highest BCUT2D eigenvalue weighted by molar-refractivity contribution is 6.33. The maximum Gasteiger partial charge on any atom is 0.0642 e. The van der Waals surface area contributed by atoms with Crippen molar-refractivity contribution in [3.63, 3.8) is 0 Å². The minimum absolute atomic E-state index is 0.509. The molecule has 16 heavy (non-hydrogen) atoms. The van der Waals surface area contributed by atoms with Crippen molar-refractivity contribution in [1.29, 1.82) is 0 Å². The normalized spacial score (nSPS) is 12.6. The Morgan fingerprint density at radius 2 is 2.06 bits per heavy atom. The molecular formula is C13H19Cl2N. The SMILES string of the molecule is CCC(C)CN(C)c1ccc(CCl)cc1Cl. The Kier molecular flexibility index (Phi) is 5.43. The van der Waals surface area contributed by atoms with Crippen LogP contribution in [0, 0.1) is 5.92 Å². The Labute approximate surface area is 108 Å². The molecule has 0 fully saturated rings. The molecule has 0 aliphatic carbocycles. The maximum absolute atomic E-state index is 6.23. The third-order valence-corrected chi connectivity index (χ3v) is 3.47. The fourth-order valence-corrected chi connectivity index (χ4v) is 2.15. The molecule has 1 atom stereocenters. The van der Waals surface area contributed by atoms with Gasteiger partial charge in [0.25, 0.3) is 0 Å². The maximum atomic E-state index is 6.23. The van der Waals surface area contributed by atoms with Crippen molar-refractivity contribution in [3.8, 4) is 0 Å². The van der Waals surface area contributed by atoms with Gasteiger partial charge in [-0.3, -0.25) is 0 Å². The molecule has 1 rings (SSSR count). The van der Waals surface area contributed by atoms with Crippen LogP contribution < -0.4 is 4.90 Å². The lowest BCUT2D eigenvalue weighted by Crippen LogP contribution is -2.23. The van der Waals surface area contributed by atoms with Gasteiger partial charge in [0.15, 0.2) is 0 Å². The molecule has 0 amide bonds. The van der Waals surface area contributed by atoms with Crippen molar-refractivity contribution >= 4 is 28.9 Å². The lowest BCUT2D eigenvalue weighted by Gasteiger charge is -2.24. The van der Waals surface area contributed by atoms with E-state index in [0.717, 1.165) is 22.8 Å². The fourth-order valence-electron chi connectivity index (χ4n) is 1.64. The van der Waals surface area contributed by atoms with Crippen LogP contribution >= 0.6 is 23.2 Å². The van der Waals surface area contributed by atoms with Gasteiger partial charge in [0.05, 0.1) is 10.7 Å². The van der Waals surface area contributed by atoms with E-state index in [4.69, 9.17) is 23.2 Å². The first kappa shape index (κ1) is 13.7. The molecule has 0 saturated heterocycles. The van der Waals surface area contributed by atoms with Gasteiger partial charge in [-0.1, -0.05) is 37.9 Å². The van der Waals surface area contributed by atoms with Crippen LogP contribution in [-0.4, -0.2) is 13.6 Å². The van der Waals surface area contributed by atoms with Crippen molar-refractivity contribution in [3.05, 3.63) is 28.8 Å². The van der Waals surface area contributed by atoms with Gasteiger partial charge in [-0.25, -0.2) is 0 Å². The Morgan fingerprint density at radius 3 is 2.56 bits per heavy atom. The fraction of sp³-hybridized carbons (Fsp3) is 0.538. The highest BCUT2D eigenvalue weighted by atomic mass is 35.5. The van der Waals surface area contributed by atoms with Crippen LogP contribution in [0.3, 0.4) is 0 Å². The number of anilines is 1. The number of hydrogen-bond acceptors (Lipinski definition) is 1. The molecule has 0 aliphatic heterocycles. The molecule has 1 nitrogen and oxygen atoms in total. The zero-order valence-electron chi connectivity index (χ0n) is 10.1. The number of rotatable bonds is 5. The number of alkyl halides is 1. The predicted molar refractivity (Wildman–Crippen MR) is 73.7 cm³/mol. The van der Waals surface area contributed by atoms with Crippen LogP contribution in [0.1, 0.15) is 25.8 Å². The monoisotopic (exact) mass is 259 g/mol. The van der Waals surface area contributed by atoms with E-state index in [-0.39, 0.29) is 0 Å². The summed E-state index contributed by atoms with van der Waals surface area (Å²) >= 11 is 12.0. The van der Waals surface area contributed by atoms with E-state index in [1.165, 1.54) is 6.42 Å². The van der Waals surface area contributed by atoms with E-state index >= 15 is 0 Å². The van der Waals surface area contributed by atoms with Crippen molar-refractivity contribution in [2.75, 3.05) is 18.5 Å². The second kappa shape index (κ2) is 6.36. The molecule has 1 aromatic rings. The van der Waals surface area contributed by atoms with Gasteiger partial charge in [-0.05, 0) is 23.6 Å². The van der Waals surface area contributed by atoms with Gasteiger partial charge in [0.1, 0.15) is 0 Å². The van der Waals surface area contributed by atoms with E-state index in [1.807, 2.05) is 18.2 Å². The van der Waals surface area contributed by atoms with E-state index in [0.29, 0.717) is 11.8 Å². The van der Waals surface area contributed by atoms with E-state index in [2.05, 4.69) is 25.8 Å². The third kappa shape index (κ3) is 3.57. The largest absolute Gasteiger partial charge is 0.373 e. The summed E-state index contributed by atoms with van der Waals surface area (Å²) in [5.41, 5.74) is 2.14. The molecule has 1 aromatic carbocycles. The molecule has 90 valence electrons. The Morgan fingerprint density at radius 1 is 1.38 bits per heavy atom. The first-order chi connectivity index (χ1) is 7.58. The molecule has 0 heterocycles. The molecule has 1 unspecified atom stereocenters. The summed E-state index contributed by atoms with van der Waals surface area (Å²) in [6.07, 6.45) is 1.18. The van der Waals surface area contributed by atoms with E-state index in [1.54, 1.807) is 0 Å². The molecule has 0 aliphatic rings. The van der Waals surface area contributed by atoms with Crippen LogP contribution in [-0.2, 0) is 5.88 Å². The molecular weight excluding hydrogens is 241 g/mol. The summed E-state index contributed by atoms with van der Waals surface area (Å²) in [7, 11) is 2.08. The summed E-state index contributed by atoms with van der Waals surface area (Å²) in [5.74, 6) is 1.18. The smallest absolute Gasteiger partial charge is 0.0642 e. The van der Waals surface area contributed by atoms with Crippen LogP contribution in [0.5, 0.6) is 0 Å². The standard InChI is InChI=1S/C13H19Cl2N/c1-4-10(2)9-16(3)13-6-5-11(8-14)7-12(13)15/h5-7,10H,4,8-9H2,1-3H3. The first-order valence-corrected chi connectivity index (χ1v) is 6.55. The van der Waals surface area contributed by atoms with Crippen LogP contribution in [0.15, 0.2) is 18.2 Å². The van der Waals surface area contributed by atoms with Gasteiger partial charge >= 0.3 is 0 Å². The zero-order valence-corrected chi connectivity index (χ0v) is 11.6. The second-order valence-corrected chi connectivity index (χ2v) is 4.99. The number of hydrogen-bond donors (Lipinski definition) is 0. The molecule has 0 bridgehead atoms. The predicted octanol–water partition coefficient (Wildman–Crippen LogP) is 4.56. The highest BCUT2D eigenvalue weighted by Crippen LogP contribution is 2.27. The van der Waals surface area contributed by atoms with Crippen LogP contribution in [0.4, 0.5) is 5.69 Å². The average Bonchev–Trinajstić information content (AvgIpc) is 2.28. The van der Waals surface area contributed by atoms with E-state index < -0.39 is 0 Å². The van der Waals surface area contributed by atoms with Crippen LogP contribution in [0.25, 0.3) is 0 Å². The van der Waals surface area contributed by atoms with Gasteiger partial charge in [0, 0.05) is 19.5 Å². The lowest BCUT2D eigenvalue weighted by molar-refractivity contribution is 0.560. The number of halogens is 2. The van der Waals surface area contributed by atoms with Crippen molar-refractivity contribution < 1.29 is 0 Å². The summed E-state index contributed by atoms with van der Waals surface area (Å²) in [6, 6.07) is 6.01. The third-order valence-electron chi connectivity index (χ3n) is 2.86. The quantitative estimate of drug-likeness (QED) is 0.701. The topological polar surface area (TPSA) is 3.24 Å². The second-order valence-electron chi connectivity index (χ2n) is 4.31. The van der Waals surface area contributed by atoms with Crippen LogP contribution in [0.2, 0.25) is 5.02 Å². The zero-order chi connectivity index (χ0) is 12.1. The summed E-state index contributed by atoms with van der Waals surface area (Å²) in [5, 5.41) is 0.781. The Balaban J connectivity index is 2.79. The molecule has 3 heteroatoms. The minimum atomic E-state index is 0.509. The molecule has 0 N–H and O–H groups in total. The lowest BCUT2D eigenvalue weighted by atomic mass is 10.1. The minimum Gasteiger partial charge on any atom is -0.373 e. The highest BCUT2D eigenvalue weighted by Gasteiger charge is 2.09. The van der Waals surface area contributed by atoms with Gasteiger partial charge in [-0.15, -0.1) is 11.6 Å². The molecule has 0 spiro atoms. The Bertz CT molecular complexity index is 339.